The minimum absolute atomic E-state index is 0.247. The standard InChI is InChI=1S/C15H12N4O2/c16-15-13(10-3-1-2-6-17-10)14(18-19-15)9-4-5-11-12(7-9)21-8-20-11/h1-7H,8H2,(H3,16,18,19). The minimum Gasteiger partial charge on any atom is -0.454 e. The summed E-state index contributed by atoms with van der Waals surface area (Å²) in [6.45, 7) is 0.247. The molecule has 0 saturated heterocycles. The van der Waals surface area contributed by atoms with Gasteiger partial charge in [0.05, 0.1) is 17.0 Å². The van der Waals surface area contributed by atoms with Crippen LogP contribution in [0.2, 0.25) is 0 Å². The van der Waals surface area contributed by atoms with Crippen LogP contribution in [0.1, 0.15) is 0 Å². The van der Waals surface area contributed by atoms with Crippen molar-refractivity contribution >= 4 is 5.82 Å². The fraction of sp³-hybridized carbons (Fsp3) is 0.0667. The zero-order valence-corrected chi connectivity index (χ0v) is 11.0. The molecular weight excluding hydrogens is 268 g/mol. The Hall–Kier alpha value is -3.02. The number of benzene rings is 1. The topological polar surface area (TPSA) is 86.0 Å². The van der Waals surface area contributed by atoms with Crippen LogP contribution in [0.3, 0.4) is 0 Å². The highest BCUT2D eigenvalue weighted by Gasteiger charge is 2.19. The van der Waals surface area contributed by atoms with Crippen LogP contribution in [0.5, 0.6) is 11.5 Å². The lowest BCUT2D eigenvalue weighted by Gasteiger charge is -2.05. The van der Waals surface area contributed by atoms with Crippen molar-refractivity contribution in [3.05, 3.63) is 42.6 Å². The van der Waals surface area contributed by atoms with Crippen molar-refractivity contribution in [3.63, 3.8) is 0 Å². The molecule has 21 heavy (non-hydrogen) atoms. The van der Waals surface area contributed by atoms with Crippen LogP contribution >= 0.6 is 0 Å². The van der Waals surface area contributed by atoms with Gasteiger partial charge < -0.3 is 15.2 Å². The molecule has 1 aromatic carbocycles. The van der Waals surface area contributed by atoms with E-state index in [1.165, 1.54) is 0 Å². The summed E-state index contributed by atoms with van der Waals surface area (Å²) >= 11 is 0. The first kappa shape index (κ1) is 11.8. The fourth-order valence-electron chi connectivity index (χ4n) is 2.39. The molecule has 1 aliphatic rings. The van der Waals surface area contributed by atoms with E-state index in [-0.39, 0.29) is 6.79 Å². The maximum atomic E-state index is 5.99. The van der Waals surface area contributed by atoms with Crippen molar-refractivity contribution in [1.82, 2.24) is 15.2 Å². The highest BCUT2D eigenvalue weighted by molar-refractivity contribution is 5.86. The summed E-state index contributed by atoms with van der Waals surface area (Å²) in [5, 5.41) is 7.07. The quantitative estimate of drug-likeness (QED) is 0.753. The molecule has 0 spiro atoms. The molecule has 104 valence electrons. The van der Waals surface area contributed by atoms with E-state index in [0.29, 0.717) is 11.6 Å². The number of hydrogen-bond acceptors (Lipinski definition) is 5. The molecule has 3 heterocycles. The number of H-pyrrole nitrogens is 1. The van der Waals surface area contributed by atoms with Gasteiger partial charge in [-0.3, -0.25) is 10.1 Å². The summed E-state index contributed by atoms with van der Waals surface area (Å²) in [7, 11) is 0. The van der Waals surface area contributed by atoms with Crippen molar-refractivity contribution in [2.45, 2.75) is 0 Å². The van der Waals surface area contributed by atoms with Gasteiger partial charge in [0.25, 0.3) is 0 Å². The molecule has 3 N–H and O–H groups in total. The first-order valence-corrected chi connectivity index (χ1v) is 6.48. The zero-order valence-electron chi connectivity index (χ0n) is 11.0. The fourth-order valence-corrected chi connectivity index (χ4v) is 2.39. The van der Waals surface area contributed by atoms with Crippen LogP contribution in [-0.2, 0) is 0 Å². The van der Waals surface area contributed by atoms with Gasteiger partial charge in [-0.25, -0.2) is 0 Å². The molecule has 2 aromatic heterocycles. The van der Waals surface area contributed by atoms with Gasteiger partial charge in [-0.1, -0.05) is 6.07 Å². The maximum absolute atomic E-state index is 5.99. The van der Waals surface area contributed by atoms with Crippen LogP contribution in [0.15, 0.2) is 42.6 Å². The molecule has 0 bridgehead atoms. The summed E-state index contributed by atoms with van der Waals surface area (Å²) in [5.41, 5.74) is 9.28. The normalized spacial score (nSPS) is 12.6. The lowest BCUT2D eigenvalue weighted by molar-refractivity contribution is 0.174. The van der Waals surface area contributed by atoms with Crippen LogP contribution < -0.4 is 15.2 Å². The van der Waals surface area contributed by atoms with E-state index < -0.39 is 0 Å². The van der Waals surface area contributed by atoms with Gasteiger partial charge in [0, 0.05) is 11.8 Å². The van der Waals surface area contributed by atoms with Gasteiger partial charge >= 0.3 is 0 Å². The van der Waals surface area contributed by atoms with Crippen LogP contribution in [0.25, 0.3) is 22.5 Å². The average Bonchev–Trinajstić information content (AvgIpc) is 3.13. The van der Waals surface area contributed by atoms with E-state index in [2.05, 4.69) is 15.2 Å². The number of nitrogen functional groups attached to an aromatic ring is 1. The molecule has 6 heteroatoms. The van der Waals surface area contributed by atoms with Crippen molar-refractivity contribution in [2.24, 2.45) is 0 Å². The monoisotopic (exact) mass is 280 g/mol. The number of nitrogens with two attached hydrogens (primary N) is 1. The number of nitrogens with one attached hydrogen (secondary N) is 1. The van der Waals surface area contributed by atoms with Crippen LogP contribution in [0, 0.1) is 0 Å². The molecule has 3 aromatic rings. The second-order valence-electron chi connectivity index (χ2n) is 4.64. The Kier molecular flexibility index (Phi) is 2.53. The number of fused-ring (bicyclic) bond motifs is 1. The molecule has 0 fully saturated rings. The van der Waals surface area contributed by atoms with E-state index in [1.54, 1.807) is 6.20 Å². The second-order valence-corrected chi connectivity index (χ2v) is 4.64. The number of nitrogens with zero attached hydrogens (tertiary/aromatic N) is 2. The molecule has 0 saturated carbocycles. The van der Waals surface area contributed by atoms with Gasteiger partial charge in [0.2, 0.25) is 6.79 Å². The third-order valence-electron chi connectivity index (χ3n) is 3.38. The predicted octanol–water partition coefficient (Wildman–Crippen LogP) is 2.45. The van der Waals surface area contributed by atoms with Crippen molar-refractivity contribution in [3.8, 4) is 34.0 Å². The van der Waals surface area contributed by atoms with Gasteiger partial charge in [-0.15, -0.1) is 0 Å². The van der Waals surface area contributed by atoms with Crippen LogP contribution in [0.4, 0.5) is 5.82 Å². The SMILES string of the molecule is Nc1n[nH]c(-c2ccc3c(c2)OCO3)c1-c1ccccn1. The first-order chi connectivity index (χ1) is 10.3. The van der Waals surface area contributed by atoms with Gasteiger partial charge in [-0.2, -0.15) is 5.10 Å². The van der Waals surface area contributed by atoms with Crippen molar-refractivity contribution in [1.29, 1.82) is 0 Å². The van der Waals surface area contributed by atoms with Gasteiger partial charge in [0.15, 0.2) is 17.3 Å². The summed E-state index contributed by atoms with van der Waals surface area (Å²) in [4.78, 5) is 4.34. The van der Waals surface area contributed by atoms with Crippen molar-refractivity contribution in [2.75, 3.05) is 12.5 Å². The number of hydrogen-bond donors (Lipinski definition) is 2. The van der Waals surface area contributed by atoms with Gasteiger partial charge in [0.1, 0.15) is 0 Å². The van der Waals surface area contributed by atoms with E-state index in [0.717, 1.165) is 28.3 Å². The molecular formula is C15H12N4O2. The number of pyridine rings is 1. The molecule has 0 aliphatic carbocycles. The average molecular weight is 280 g/mol. The molecule has 0 radical (unpaired) electrons. The third kappa shape index (κ3) is 1.88. The number of aromatic nitrogens is 3. The Morgan fingerprint density at radius 2 is 2.00 bits per heavy atom. The van der Waals surface area contributed by atoms with E-state index in [1.807, 2.05) is 36.4 Å². The summed E-state index contributed by atoms with van der Waals surface area (Å²) in [6, 6.07) is 11.4. The third-order valence-corrected chi connectivity index (χ3v) is 3.38. The smallest absolute Gasteiger partial charge is 0.231 e. The predicted molar refractivity (Wildman–Crippen MR) is 77.8 cm³/mol. The van der Waals surface area contributed by atoms with Crippen LogP contribution in [-0.4, -0.2) is 22.0 Å². The molecule has 0 atom stereocenters. The zero-order chi connectivity index (χ0) is 14.2. The summed E-state index contributed by atoms with van der Waals surface area (Å²) in [5.74, 6) is 1.87. The van der Waals surface area contributed by atoms with Gasteiger partial charge in [-0.05, 0) is 30.3 Å². The van der Waals surface area contributed by atoms with E-state index in [4.69, 9.17) is 15.2 Å². The lowest BCUT2D eigenvalue weighted by Crippen LogP contribution is -1.93. The Morgan fingerprint density at radius 3 is 2.86 bits per heavy atom. The van der Waals surface area contributed by atoms with Crippen molar-refractivity contribution < 1.29 is 9.47 Å². The molecule has 0 amide bonds. The first-order valence-electron chi connectivity index (χ1n) is 6.48. The highest BCUT2D eigenvalue weighted by atomic mass is 16.7. The number of aromatic amines is 1. The molecule has 4 rings (SSSR count). The Bertz CT molecular complexity index is 799. The number of ether oxygens (including phenoxy) is 2. The maximum Gasteiger partial charge on any atom is 0.231 e. The Balaban J connectivity index is 1.87. The highest BCUT2D eigenvalue weighted by Crippen LogP contribution is 2.39. The molecule has 0 unspecified atom stereocenters. The summed E-state index contributed by atoms with van der Waals surface area (Å²) < 4.78 is 10.7. The Morgan fingerprint density at radius 1 is 1.10 bits per heavy atom. The number of anilines is 1. The summed E-state index contributed by atoms with van der Waals surface area (Å²) in [6.07, 6.45) is 1.73. The molecule has 1 aliphatic heterocycles. The number of rotatable bonds is 2. The second kappa shape index (κ2) is 4.52. The largest absolute Gasteiger partial charge is 0.454 e. The minimum atomic E-state index is 0.247. The van der Waals surface area contributed by atoms with E-state index >= 15 is 0 Å². The lowest BCUT2D eigenvalue weighted by atomic mass is 10.0. The Labute approximate surface area is 120 Å². The van der Waals surface area contributed by atoms with E-state index in [9.17, 15) is 0 Å². The molecule has 6 nitrogen and oxygen atoms in total.